The highest BCUT2D eigenvalue weighted by atomic mass is 32.2. The van der Waals surface area contributed by atoms with E-state index in [0.29, 0.717) is 10.9 Å². The summed E-state index contributed by atoms with van der Waals surface area (Å²) in [4.78, 5) is 0. The molecule has 1 fully saturated rings. The molecule has 2 rings (SSSR count). The largest absolute Gasteiger partial charge is 0.372 e. The number of rotatable bonds is 2. The molecule has 0 amide bonds. The molecule has 0 N–H and O–H groups in total. The summed E-state index contributed by atoms with van der Waals surface area (Å²) in [6.45, 7) is 1.94. The van der Waals surface area contributed by atoms with E-state index in [2.05, 4.69) is 30.3 Å². The lowest BCUT2D eigenvalue weighted by atomic mass is 10.2. The number of ether oxygens (including phenoxy) is 1. The average molecular weight is 195 g/mol. The van der Waals surface area contributed by atoms with Crippen LogP contribution in [0.5, 0.6) is 0 Å². The van der Waals surface area contributed by atoms with Gasteiger partial charge in [0.2, 0.25) is 0 Å². The Morgan fingerprint density at radius 3 is 2.46 bits per heavy atom. The van der Waals surface area contributed by atoms with E-state index < -0.39 is 0 Å². The summed E-state index contributed by atoms with van der Waals surface area (Å²) in [5, 5.41) is 0. The molecule has 1 aromatic carbocycles. The van der Waals surface area contributed by atoms with Gasteiger partial charge in [0.15, 0.2) is 0 Å². The SMILES string of the molecule is c1ccc(C[S+]2CCOCC2)cc1. The second-order valence-corrected chi connectivity index (χ2v) is 5.59. The lowest BCUT2D eigenvalue weighted by Crippen LogP contribution is -2.27. The Morgan fingerprint density at radius 2 is 1.77 bits per heavy atom. The van der Waals surface area contributed by atoms with E-state index >= 15 is 0 Å². The summed E-state index contributed by atoms with van der Waals surface area (Å²) in [6, 6.07) is 10.8. The van der Waals surface area contributed by atoms with E-state index in [1.807, 2.05) is 0 Å². The normalized spacial score (nSPS) is 18.8. The predicted octanol–water partition coefficient (Wildman–Crippen LogP) is 1.84. The second kappa shape index (κ2) is 4.68. The monoisotopic (exact) mass is 195 g/mol. The molecule has 1 nitrogen and oxygen atoms in total. The van der Waals surface area contributed by atoms with Crippen molar-refractivity contribution in [2.75, 3.05) is 24.7 Å². The van der Waals surface area contributed by atoms with Crippen molar-refractivity contribution < 1.29 is 4.74 Å². The van der Waals surface area contributed by atoms with Crippen molar-refractivity contribution in [2.45, 2.75) is 5.75 Å². The van der Waals surface area contributed by atoms with Gasteiger partial charge in [-0.2, -0.15) is 0 Å². The van der Waals surface area contributed by atoms with Gasteiger partial charge in [0.1, 0.15) is 17.3 Å². The summed E-state index contributed by atoms with van der Waals surface area (Å²) in [7, 11) is 0.579. The van der Waals surface area contributed by atoms with Crippen LogP contribution in [-0.2, 0) is 21.4 Å². The molecule has 0 saturated carbocycles. The van der Waals surface area contributed by atoms with E-state index in [1.54, 1.807) is 0 Å². The van der Waals surface area contributed by atoms with Gasteiger partial charge in [0.05, 0.1) is 13.2 Å². The molecule has 1 aliphatic rings. The van der Waals surface area contributed by atoms with Crippen LogP contribution in [0.4, 0.5) is 0 Å². The van der Waals surface area contributed by atoms with E-state index in [1.165, 1.54) is 22.8 Å². The van der Waals surface area contributed by atoms with Crippen molar-refractivity contribution in [3.8, 4) is 0 Å². The third kappa shape index (κ3) is 2.75. The third-order valence-electron chi connectivity index (χ3n) is 2.25. The van der Waals surface area contributed by atoms with Gasteiger partial charge in [0, 0.05) is 5.56 Å². The first-order chi connectivity index (χ1) is 6.45. The van der Waals surface area contributed by atoms with E-state index in [9.17, 15) is 0 Å². The first kappa shape index (κ1) is 9.10. The molecule has 1 saturated heterocycles. The van der Waals surface area contributed by atoms with Crippen molar-refractivity contribution in [1.82, 2.24) is 0 Å². The van der Waals surface area contributed by atoms with Gasteiger partial charge >= 0.3 is 0 Å². The molecule has 0 aromatic heterocycles. The van der Waals surface area contributed by atoms with Gasteiger partial charge in [-0.1, -0.05) is 30.3 Å². The standard InChI is InChI=1S/C11H15OS/c1-2-4-11(5-3-1)10-13-8-6-12-7-9-13/h1-5H,6-10H2/q+1. The van der Waals surface area contributed by atoms with Gasteiger partial charge in [-0.05, 0) is 10.9 Å². The number of benzene rings is 1. The van der Waals surface area contributed by atoms with Crippen molar-refractivity contribution in [1.29, 1.82) is 0 Å². The van der Waals surface area contributed by atoms with Crippen LogP contribution in [0.2, 0.25) is 0 Å². The molecule has 2 heteroatoms. The summed E-state index contributed by atoms with van der Waals surface area (Å²) < 4.78 is 5.34. The van der Waals surface area contributed by atoms with E-state index in [4.69, 9.17) is 4.74 Å². The molecule has 1 aromatic rings. The van der Waals surface area contributed by atoms with E-state index in [-0.39, 0.29) is 0 Å². The molecule has 0 aliphatic carbocycles. The molecular weight excluding hydrogens is 180 g/mol. The molecule has 70 valence electrons. The zero-order valence-electron chi connectivity index (χ0n) is 7.74. The highest BCUT2D eigenvalue weighted by molar-refractivity contribution is 7.96. The van der Waals surface area contributed by atoms with Crippen LogP contribution in [0, 0.1) is 0 Å². The molecule has 0 spiro atoms. The van der Waals surface area contributed by atoms with Gasteiger partial charge in [-0.3, -0.25) is 0 Å². The Morgan fingerprint density at radius 1 is 1.08 bits per heavy atom. The predicted molar refractivity (Wildman–Crippen MR) is 58.1 cm³/mol. The van der Waals surface area contributed by atoms with Crippen molar-refractivity contribution in [3.63, 3.8) is 0 Å². The lowest BCUT2D eigenvalue weighted by Gasteiger charge is -2.14. The highest BCUT2D eigenvalue weighted by Gasteiger charge is 2.21. The first-order valence-corrected chi connectivity index (χ1v) is 6.44. The average Bonchev–Trinajstić information content (AvgIpc) is 2.21. The van der Waals surface area contributed by atoms with Crippen LogP contribution < -0.4 is 0 Å². The number of hydrogen-bond acceptors (Lipinski definition) is 1. The Kier molecular flexibility index (Phi) is 3.27. The number of hydrogen-bond donors (Lipinski definition) is 0. The maximum atomic E-state index is 5.34. The second-order valence-electron chi connectivity index (χ2n) is 3.26. The van der Waals surface area contributed by atoms with Crippen molar-refractivity contribution in [2.24, 2.45) is 0 Å². The smallest absolute Gasteiger partial charge is 0.133 e. The van der Waals surface area contributed by atoms with Crippen LogP contribution in [0.3, 0.4) is 0 Å². The fourth-order valence-corrected chi connectivity index (χ4v) is 3.38. The fourth-order valence-electron chi connectivity index (χ4n) is 1.51. The third-order valence-corrected chi connectivity index (χ3v) is 4.48. The minimum atomic E-state index is 0.579. The quantitative estimate of drug-likeness (QED) is 0.654. The Labute approximate surface area is 82.5 Å². The van der Waals surface area contributed by atoms with Gasteiger partial charge in [0.25, 0.3) is 0 Å². The fraction of sp³-hybridized carbons (Fsp3) is 0.455. The molecule has 1 aliphatic heterocycles. The van der Waals surface area contributed by atoms with Crippen LogP contribution in [-0.4, -0.2) is 24.7 Å². The van der Waals surface area contributed by atoms with Crippen LogP contribution in [0.25, 0.3) is 0 Å². The van der Waals surface area contributed by atoms with Crippen LogP contribution >= 0.6 is 0 Å². The molecule has 1 heterocycles. The Balaban J connectivity index is 1.90. The zero-order chi connectivity index (χ0) is 8.93. The molecule has 13 heavy (non-hydrogen) atoms. The van der Waals surface area contributed by atoms with Gasteiger partial charge in [-0.25, -0.2) is 0 Å². The first-order valence-electron chi connectivity index (χ1n) is 4.71. The molecule has 0 atom stereocenters. The minimum Gasteiger partial charge on any atom is -0.372 e. The van der Waals surface area contributed by atoms with Gasteiger partial charge < -0.3 is 4.74 Å². The Hall–Kier alpha value is -0.470. The van der Waals surface area contributed by atoms with E-state index in [0.717, 1.165) is 13.2 Å². The van der Waals surface area contributed by atoms with Crippen LogP contribution in [0.1, 0.15) is 5.56 Å². The van der Waals surface area contributed by atoms with Crippen LogP contribution in [0.15, 0.2) is 30.3 Å². The van der Waals surface area contributed by atoms with Crippen molar-refractivity contribution >= 4 is 10.9 Å². The highest BCUT2D eigenvalue weighted by Crippen LogP contribution is 2.11. The summed E-state index contributed by atoms with van der Waals surface area (Å²) in [5.41, 5.74) is 1.48. The molecule has 0 radical (unpaired) electrons. The summed E-state index contributed by atoms with van der Waals surface area (Å²) in [6.07, 6.45) is 0. The van der Waals surface area contributed by atoms with Gasteiger partial charge in [-0.15, -0.1) is 0 Å². The lowest BCUT2D eigenvalue weighted by molar-refractivity contribution is 0.159. The molecule has 0 unspecified atom stereocenters. The molecule has 0 bridgehead atoms. The topological polar surface area (TPSA) is 9.23 Å². The molecular formula is C11H15OS+. The van der Waals surface area contributed by atoms with Crippen molar-refractivity contribution in [3.05, 3.63) is 35.9 Å². The minimum absolute atomic E-state index is 0.579. The maximum absolute atomic E-state index is 5.34. The maximum Gasteiger partial charge on any atom is 0.133 e. The summed E-state index contributed by atoms with van der Waals surface area (Å²) in [5.74, 6) is 3.77. The zero-order valence-corrected chi connectivity index (χ0v) is 8.56. The Bertz CT molecular complexity index is 242. The summed E-state index contributed by atoms with van der Waals surface area (Å²) >= 11 is 0.